The van der Waals surface area contributed by atoms with Gasteiger partial charge in [-0.1, -0.05) is 29.8 Å². The lowest BCUT2D eigenvalue weighted by molar-refractivity contribution is 0.177. The van der Waals surface area contributed by atoms with E-state index in [2.05, 4.69) is 0 Å². The largest absolute Gasteiger partial charge is 0.496 e. The highest BCUT2D eigenvalue weighted by Crippen LogP contribution is 2.30. The average Bonchev–Trinajstić information content (AvgIpc) is 2.43. The van der Waals surface area contributed by atoms with Crippen LogP contribution in [0.15, 0.2) is 36.4 Å². The van der Waals surface area contributed by atoms with E-state index in [4.69, 9.17) is 16.3 Å². The molecular formula is C16H16ClFO2. The predicted molar refractivity (Wildman–Crippen MR) is 77.8 cm³/mol. The summed E-state index contributed by atoms with van der Waals surface area (Å²) < 4.78 is 18.6. The molecule has 0 fully saturated rings. The molecule has 1 unspecified atom stereocenters. The highest BCUT2D eigenvalue weighted by atomic mass is 35.5. The summed E-state index contributed by atoms with van der Waals surface area (Å²) in [5, 5.41) is 10.6. The monoisotopic (exact) mass is 294 g/mol. The Morgan fingerprint density at radius 1 is 1.30 bits per heavy atom. The van der Waals surface area contributed by atoms with Gasteiger partial charge in [0.05, 0.1) is 13.2 Å². The molecule has 0 heterocycles. The fraction of sp³-hybridized carbons (Fsp3) is 0.250. The Kier molecular flexibility index (Phi) is 4.63. The van der Waals surface area contributed by atoms with Crippen LogP contribution in [0, 0.1) is 12.7 Å². The zero-order chi connectivity index (χ0) is 14.7. The Morgan fingerprint density at radius 2 is 2.00 bits per heavy atom. The quantitative estimate of drug-likeness (QED) is 0.921. The SMILES string of the molecule is COc1ccccc1CC(O)c1cc(C)c(F)cc1Cl. The molecular weight excluding hydrogens is 279 g/mol. The molecule has 0 saturated carbocycles. The number of ether oxygens (including phenoxy) is 1. The third-order valence-electron chi connectivity index (χ3n) is 3.24. The minimum absolute atomic E-state index is 0.232. The lowest BCUT2D eigenvalue weighted by Gasteiger charge is -2.16. The Morgan fingerprint density at radius 3 is 2.70 bits per heavy atom. The number of aliphatic hydroxyl groups is 1. The first-order chi connectivity index (χ1) is 9.52. The first-order valence-electron chi connectivity index (χ1n) is 6.28. The molecule has 0 spiro atoms. The normalized spacial score (nSPS) is 12.2. The van der Waals surface area contributed by atoms with Gasteiger partial charge in [0.25, 0.3) is 0 Å². The van der Waals surface area contributed by atoms with Gasteiger partial charge in [-0.25, -0.2) is 4.39 Å². The van der Waals surface area contributed by atoms with E-state index in [1.807, 2.05) is 24.3 Å². The van der Waals surface area contributed by atoms with Crippen LogP contribution in [0.5, 0.6) is 5.75 Å². The van der Waals surface area contributed by atoms with Crippen LogP contribution in [0.1, 0.15) is 22.8 Å². The number of benzene rings is 2. The third kappa shape index (κ3) is 3.11. The topological polar surface area (TPSA) is 29.5 Å². The Hall–Kier alpha value is -1.58. The van der Waals surface area contributed by atoms with Crippen LogP contribution < -0.4 is 4.74 Å². The zero-order valence-corrected chi connectivity index (χ0v) is 12.1. The van der Waals surface area contributed by atoms with Crippen molar-refractivity contribution in [1.29, 1.82) is 0 Å². The molecule has 0 aliphatic rings. The van der Waals surface area contributed by atoms with E-state index in [0.717, 1.165) is 5.56 Å². The third-order valence-corrected chi connectivity index (χ3v) is 3.57. The van der Waals surface area contributed by atoms with E-state index in [-0.39, 0.29) is 10.8 Å². The highest BCUT2D eigenvalue weighted by Gasteiger charge is 2.16. The number of hydrogen-bond acceptors (Lipinski definition) is 2. The van der Waals surface area contributed by atoms with Gasteiger partial charge in [-0.2, -0.15) is 0 Å². The molecule has 0 amide bonds. The fourth-order valence-electron chi connectivity index (χ4n) is 2.12. The fourth-order valence-corrected chi connectivity index (χ4v) is 2.40. The number of hydrogen-bond donors (Lipinski definition) is 1. The van der Waals surface area contributed by atoms with E-state index < -0.39 is 6.10 Å². The van der Waals surface area contributed by atoms with Crippen LogP contribution in [0.3, 0.4) is 0 Å². The van der Waals surface area contributed by atoms with Gasteiger partial charge in [0.15, 0.2) is 0 Å². The standard InChI is InChI=1S/C16H16ClFO2/c1-10-7-12(13(17)9-14(10)18)15(19)8-11-5-3-4-6-16(11)20-2/h3-7,9,15,19H,8H2,1-2H3. The van der Waals surface area contributed by atoms with Crippen LogP contribution in [-0.2, 0) is 6.42 Å². The number of methoxy groups -OCH3 is 1. The lowest BCUT2D eigenvalue weighted by atomic mass is 9.99. The lowest BCUT2D eigenvalue weighted by Crippen LogP contribution is -2.05. The zero-order valence-electron chi connectivity index (χ0n) is 11.4. The summed E-state index contributed by atoms with van der Waals surface area (Å²) in [6.07, 6.45) is -0.451. The maximum Gasteiger partial charge on any atom is 0.127 e. The van der Waals surface area contributed by atoms with Gasteiger partial charge in [-0.05, 0) is 41.8 Å². The van der Waals surface area contributed by atoms with E-state index in [1.165, 1.54) is 6.07 Å². The average molecular weight is 295 g/mol. The molecule has 0 bridgehead atoms. The van der Waals surface area contributed by atoms with Crippen molar-refractivity contribution in [2.45, 2.75) is 19.4 Å². The number of para-hydroxylation sites is 1. The smallest absolute Gasteiger partial charge is 0.127 e. The van der Waals surface area contributed by atoms with Crippen molar-refractivity contribution < 1.29 is 14.2 Å². The van der Waals surface area contributed by atoms with Gasteiger partial charge in [0.2, 0.25) is 0 Å². The number of halogens is 2. The van der Waals surface area contributed by atoms with Crippen LogP contribution in [0.4, 0.5) is 4.39 Å². The first kappa shape index (κ1) is 14.8. The van der Waals surface area contributed by atoms with Gasteiger partial charge in [0, 0.05) is 11.4 Å². The molecule has 1 N–H and O–H groups in total. The molecule has 0 aromatic heterocycles. The molecule has 2 aromatic rings. The Balaban J connectivity index is 2.28. The van der Waals surface area contributed by atoms with Gasteiger partial charge in [-0.3, -0.25) is 0 Å². The Labute approximate surface area is 122 Å². The summed E-state index contributed by atoms with van der Waals surface area (Å²) in [5.41, 5.74) is 1.86. The summed E-state index contributed by atoms with van der Waals surface area (Å²) in [4.78, 5) is 0. The van der Waals surface area contributed by atoms with Crippen molar-refractivity contribution in [1.82, 2.24) is 0 Å². The highest BCUT2D eigenvalue weighted by molar-refractivity contribution is 6.31. The van der Waals surface area contributed by atoms with Gasteiger partial charge in [-0.15, -0.1) is 0 Å². The molecule has 2 aromatic carbocycles. The van der Waals surface area contributed by atoms with E-state index >= 15 is 0 Å². The predicted octanol–water partition coefficient (Wildman–Crippen LogP) is 4.07. The molecule has 0 saturated heterocycles. The van der Waals surface area contributed by atoms with Crippen LogP contribution in [0.2, 0.25) is 5.02 Å². The van der Waals surface area contributed by atoms with Crippen molar-refractivity contribution in [3.63, 3.8) is 0 Å². The van der Waals surface area contributed by atoms with Crippen molar-refractivity contribution >= 4 is 11.6 Å². The summed E-state index contributed by atoms with van der Waals surface area (Å²) in [6, 6.07) is 10.3. The summed E-state index contributed by atoms with van der Waals surface area (Å²) >= 11 is 6.01. The minimum atomic E-state index is -0.807. The number of aryl methyl sites for hydroxylation is 1. The molecule has 0 aliphatic heterocycles. The van der Waals surface area contributed by atoms with Crippen molar-refractivity contribution in [2.75, 3.05) is 7.11 Å². The van der Waals surface area contributed by atoms with Gasteiger partial charge in [0.1, 0.15) is 11.6 Å². The maximum atomic E-state index is 13.4. The molecule has 1 atom stereocenters. The summed E-state index contributed by atoms with van der Waals surface area (Å²) in [5.74, 6) is 0.338. The van der Waals surface area contributed by atoms with Crippen LogP contribution in [-0.4, -0.2) is 12.2 Å². The minimum Gasteiger partial charge on any atom is -0.496 e. The molecule has 20 heavy (non-hydrogen) atoms. The van der Waals surface area contributed by atoms with E-state index in [0.29, 0.717) is 23.3 Å². The van der Waals surface area contributed by atoms with E-state index in [9.17, 15) is 9.50 Å². The number of rotatable bonds is 4. The summed E-state index contributed by atoms with van der Waals surface area (Å²) in [6.45, 7) is 1.64. The second-order valence-corrected chi connectivity index (χ2v) is 5.06. The molecule has 0 aliphatic carbocycles. The molecule has 2 rings (SSSR count). The van der Waals surface area contributed by atoms with Crippen LogP contribution in [0.25, 0.3) is 0 Å². The molecule has 2 nitrogen and oxygen atoms in total. The van der Waals surface area contributed by atoms with Gasteiger partial charge < -0.3 is 9.84 Å². The molecule has 106 valence electrons. The molecule has 0 radical (unpaired) electrons. The van der Waals surface area contributed by atoms with Gasteiger partial charge >= 0.3 is 0 Å². The van der Waals surface area contributed by atoms with Crippen LogP contribution >= 0.6 is 11.6 Å². The number of aliphatic hydroxyl groups excluding tert-OH is 1. The second kappa shape index (κ2) is 6.25. The second-order valence-electron chi connectivity index (χ2n) is 4.65. The summed E-state index contributed by atoms with van der Waals surface area (Å²) in [7, 11) is 1.58. The molecule has 4 heteroatoms. The van der Waals surface area contributed by atoms with Crippen molar-refractivity contribution in [2.24, 2.45) is 0 Å². The first-order valence-corrected chi connectivity index (χ1v) is 6.66. The van der Waals surface area contributed by atoms with E-state index in [1.54, 1.807) is 20.1 Å². The maximum absolute atomic E-state index is 13.4. The Bertz CT molecular complexity index is 613. The van der Waals surface area contributed by atoms with Crippen molar-refractivity contribution in [3.8, 4) is 5.75 Å². The van der Waals surface area contributed by atoms with Crippen molar-refractivity contribution in [3.05, 3.63) is 63.9 Å².